The van der Waals surface area contributed by atoms with E-state index in [2.05, 4.69) is 30.6 Å². The predicted octanol–water partition coefficient (Wildman–Crippen LogP) is 3.54. The van der Waals surface area contributed by atoms with Gasteiger partial charge in [-0.1, -0.05) is 24.3 Å². The lowest BCUT2D eigenvalue weighted by Gasteiger charge is -2.52. The van der Waals surface area contributed by atoms with Gasteiger partial charge < -0.3 is 10.6 Å². The standard InChI is InChI=1S/C27H24N6O/c34-27-21-23(17-5-1-9-28-13-17)32-25(19-7-3-11-30-15-19)22(27)26(20-8-4-12-31-16-20)33-24(21)18-6-2-10-29-14-18/h1-16,21-26,32-33H/t21?,22?,23-,24+,25-,26+. The minimum atomic E-state index is -0.320. The molecule has 0 aliphatic carbocycles. The fraction of sp³-hybridized carbons (Fsp3) is 0.222. The molecule has 6 rings (SSSR count). The van der Waals surface area contributed by atoms with Crippen LogP contribution >= 0.6 is 0 Å². The minimum Gasteiger partial charge on any atom is -0.301 e. The van der Waals surface area contributed by atoms with Crippen LogP contribution in [0.1, 0.15) is 46.4 Å². The van der Waals surface area contributed by atoms with Crippen molar-refractivity contribution in [3.63, 3.8) is 0 Å². The molecule has 7 heteroatoms. The van der Waals surface area contributed by atoms with E-state index < -0.39 is 0 Å². The normalized spacial score (nSPS) is 28.4. The van der Waals surface area contributed by atoms with Crippen molar-refractivity contribution in [3.8, 4) is 0 Å². The summed E-state index contributed by atoms with van der Waals surface area (Å²) in [5.41, 5.74) is 3.96. The van der Waals surface area contributed by atoms with Crippen molar-refractivity contribution >= 4 is 5.78 Å². The molecule has 6 heterocycles. The number of hydrogen-bond acceptors (Lipinski definition) is 7. The van der Waals surface area contributed by atoms with Crippen LogP contribution in [0.5, 0.6) is 0 Å². The lowest BCUT2D eigenvalue weighted by molar-refractivity contribution is -0.139. The van der Waals surface area contributed by atoms with Gasteiger partial charge >= 0.3 is 0 Å². The summed E-state index contributed by atoms with van der Waals surface area (Å²) < 4.78 is 0. The molecule has 0 spiro atoms. The van der Waals surface area contributed by atoms with Gasteiger partial charge in [0.1, 0.15) is 5.78 Å². The quantitative estimate of drug-likeness (QED) is 0.493. The largest absolute Gasteiger partial charge is 0.301 e. The maximum absolute atomic E-state index is 14.4. The van der Waals surface area contributed by atoms with Gasteiger partial charge in [0.2, 0.25) is 0 Å². The zero-order valence-electron chi connectivity index (χ0n) is 18.4. The van der Waals surface area contributed by atoms with E-state index in [1.807, 2.05) is 73.3 Å². The van der Waals surface area contributed by atoms with Crippen molar-refractivity contribution < 1.29 is 4.79 Å². The van der Waals surface area contributed by atoms with Crippen LogP contribution < -0.4 is 10.6 Å². The van der Waals surface area contributed by atoms with E-state index in [9.17, 15) is 4.79 Å². The van der Waals surface area contributed by atoms with Gasteiger partial charge in [-0.3, -0.25) is 24.7 Å². The van der Waals surface area contributed by atoms with Gasteiger partial charge in [-0.05, 0) is 46.5 Å². The molecule has 7 nitrogen and oxygen atoms in total. The zero-order valence-corrected chi connectivity index (χ0v) is 18.4. The smallest absolute Gasteiger partial charge is 0.146 e. The predicted molar refractivity (Wildman–Crippen MR) is 126 cm³/mol. The lowest BCUT2D eigenvalue weighted by atomic mass is 9.64. The average Bonchev–Trinajstić information content (AvgIpc) is 2.91. The topological polar surface area (TPSA) is 92.7 Å². The molecule has 2 fully saturated rings. The second-order valence-electron chi connectivity index (χ2n) is 8.84. The van der Waals surface area contributed by atoms with Crippen molar-refractivity contribution in [2.24, 2.45) is 11.8 Å². The Morgan fingerprint density at radius 3 is 1.03 bits per heavy atom. The van der Waals surface area contributed by atoms with Gasteiger partial charge in [-0.25, -0.2) is 0 Å². The number of piperidine rings is 2. The first-order valence-corrected chi connectivity index (χ1v) is 11.5. The molecule has 2 aliphatic heterocycles. The molecule has 168 valence electrons. The fourth-order valence-electron chi connectivity index (χ4n) is 5.52. The van der Waals surface area contributed by atoms with E-state index in [-0.39, 0.29) is 41.8 Å². The Morgan fingerprint density at radius 1 is 0.500 bits per heavy atom. The molecule has 4 aromatic heterocycles. The molecule has 0 radical (unpaired) electrons. The van der Waals surface area contributed by atoms with Crippen molar-refractivity contribution in [1.82, 2.24) is 30.6 Å². The molecule has 2 saturated heterocycles. The summed E-state index contributed by atoms with van der Waals surface area (Å²) in [6.45, 7) is 0. The number of Topliss-reactive ketones (excluding diaryl/α,β-unsaturated/α-hetero) is 1. The highest BCUT2D eigenvalue weighted by Crippen LogP contribution is 2.51. The van der Waals surface area contributed by atoms with Crippen molar-refractivity contribution in [2.75, 3.05) is 0 Å². The number of pyridine rings is 4. The first-order chi connectivity index (χ1) is 16.8. The van der Waals surface area contributed by atoms with Crippen LogP contribution in [0.4, 0.5) is 0 Å². The highest BCUT2D eigenvalue weighted by atomic mass is 16.1. The van der Waals surface area contributed by atoms with Gasteiger partial charge in [-0.15, -0.1) is 0 Å². The molecular formula is C27H24N6O. The van der Waals surface area contributed by atoms with Crippen LogP contribution in [-0.4, -0.2) is 25.7 Å². The monoisotopic (exact) mass is 448 g/mol. The van der Waals surface area contributed by atoms with Crippen LogP contribution in [0.3, 0.4) is 0 Å². The van der Waals surface area contributed by atoms with Crippen LogP contribution in [-0.2, 0) is 4.79 Å². The highest BCUT2D eigenvalue weighted by molar-refractivity contribution is 5.89. The molecule has 0 aromatic carbocycles. The molecule has 2 unspecified atom stereocenters. The minimum absolute atomic E-state index is 0.213. The van der Waals surface area contributed by atoms with E-state index in [4.69, 9.17) is 0 Å². The van der Waals surface area contributed by atoms with Crippen molar-refractivity contribution in [2.45, 2.75) is 24.2 Å². The van der Waals surface area contributed by atoms with Gasteiger partial charge in [-0.2, -0.15) is 0 Å². The third kappa shape index (κ3) is 3.59. The molecule has 2 bridgehead atoms. The third-order valence-corrected chi connectivity index (χ3v) is 6.99. The van der Waals surface area contributed by atoms with E-state index in [0.29, 0.717) is 0 Å². The summed E-state index contributed by atoms with van der Waals surface area (Å²) in [6.07, 6.45) is 14.4. The van der Waals surface area contributed by atoms with Crippen LogP contribution in [0.15, 0.2) is 98.1 Å². The van der Waals surface area contributed by atoms with Crippen LogP contribution in [0, 0.1) is 11.8 Å². The lowest BCUT2D eigenvalue weighted by Crippen LogP contribution is -2.60. The SMILES string of the molecule is O=C1C2[C@@H](c3cccnc3)N[C@H](c3cccnc3)C1[C@H](c1cccnc1)N[C@H]2c1cccnc1. The second-order valence-corrected chi connectivity index (χ2v) is 8.84. The molecule has 2 aliphatic rings. The Morgan fingerprint density at radius 2 is 0.794 bits per heavy atom. The van der Waals surface area contributed by atoms with Gasteiger partial charge in [0.25, 0.3) is 0 Å². The van der Waals surface area contributed by atoms with E-state index in [1.54, 1.807) is 24.8 Å². The van der Waals surface area contributed by atoms with Gasteiger partial charge in [0.05, 0.1) is 11.8 Å². The Balaban J connectivity index is 1.52. The summed E-state index contributed by atoms with van der Waals surface area (Å²) in [5, 5.41) is 7.67. The summed E-state index contributed by atoms with van der Waals surface area (Å²) in [7, 11) is 0. The Bertz CT molecular complexity index is 1070. The maximum atomic E-state index is 14.4. The number of nitrogens with zero attached hydrogens (tertiary/aromatic N) is 4. The number of hydrogen-bond donors (Lipinski definition) is 2. The average molecular weight is 449 g/mol. The second kappa shape index (κ2) is 8.85. The number of aromatic nitrogens is 4. The molecule has 6 atom stereocenters. The molecular weight excluding hydrogens is 424 g/mol. The maximum Gasteiger partial charge on any atom is 0.146 e. The number of carbonyl (C=O) groups excluding carboxylic acids is 1. The number of carbonyl (C=O) groups is 1. The molecule has 2 N–H and O–H groups in total. The summed E-state index contributed by atoms with van der Waals surface area (Å²) in [5.74, 6) is -0.415. The number of nitrogens with one attached hydrogen (secondary N) is 2. The molecule has 34 heavy (non-hydrogen) atoms. The number of ketones is 1. The summed E-state index contributed by atoms with van der Waals surface area (Å²) in [6, 6.07) is 15.0. The summed E-state index contributed by atoms with van der Waals surface area (Å²) >= 11 is 0. The fourth-order valence-corrected chi connectivity index (χ4v) is 5.52. The van der Waals surface area contributed by atoms with E-state index in [1.165, 1.54) is 0 Å². The Labute approximate surface area is 197 Å². The first kappa shape index (κ1) is 20.8. The van der Waals surface area contributed by atoms with Gasteiger partial charge in [0, 0.05) is 73.7 Å². The Kier molecular flexibility index (Phi) is 5.41. The summed E-state index contributed by atoms with van der Waals surface area (Å²) in [4.78, 5) is 31.8. The van der Waals surface area contributed by atoms with E-state index in [0.717, 1.165) is 22.3 Å². The van der Waals surface area contributed by atoms with Gasteiger partial charge in [0.15, 0.2) is 0 Å². The Hall–Kier alpha value is -3.81. The third-order valence-electron chi connectivity index (χ3n) is 6.99. The molecule has 4 aromatic rings. The van der Waals surface area contributed by atoms with Crippen LogP contribution in [0.2, 0.25) is 0 Å². The first-order valence-electron chi connectivity index (χ1n) is 11.5. The number of fused-ring (bicyclic) bond motifs is 2. The van der Waals surface area contributed by atoms with Crippen molar-refractivity contribution in [1.29, 1.82) is 0 Å². The van der Waals surface area contributed by atoms with Crippen LogP contribution in [0.25, 0.3) is 0 Å². The van der Waals surface area contributed by atoms with Crippen molar-refractivity contribution in [3.05, 3.63) is 120 Å². The molecule has 0 amide bonds. The van der Waals surface area contributed by atoms with E-state index >= 15 is 0 Å². The zero-order chi connectivity index (χ0) is 22.9. The molecule has 0 saturated carbocycles. The highest BCUT2D eigenvalue weighted by Gasteiger charge is 2.55. The number of rotatable bonds is 4.